The van der Waals surface area contributed by atoms with E-state index in [0.717, 1.165) is 63.3 Å². The number of nitriles is 1. The zero-order valence-electron chi connectivity index (χ0n) is 14.8. The van der Waals surface area contributed by atoms with E-state index in [1.54, 1.807) is 7.11 Å². The zero-order chi connectivity index (χ0) is 17.7. The predicted octanol–water partition coefficient (Wildman–Crippen LogP) is 1.77. The van der Waals surface area contributed by atoms with Gasteiger partial charge in [-0.05, 0) is 37.8 Å². The topological polar surface area (TPSA) is 68.6 Å². The highest BCUT2D eigenvalue weighted by atomic mass is 16.5. The molecule has 0 radical (unpaired) electrons. The molecule has 0 bridgehead atoms. The second-order valence-electron chi connectivity index (χ2n) is 6.91. The van der Waals surface area contributed by atoms with E-state index in [9.17, 15) is 10.1 Å². The molecule has 1 saturated heterocycles. The molecular weight excluding hydrogens is 316 g/mol. The van der Waals surface area contributed by atoms with E-state index in [2.05, 4.69) is 27.3 Å². The first-order valence-corrected chi connectivity index (χ1v) is 8.98. The van der Waals surface area contributed by atoms with Crippen molar-refractivity contribution in [3.8, 4) is 11.8 Å². The molecule has 3 rings (SSSR count). The van der Waals surface area contributed by atoms with Crippen molar-refractivity contribution >= 4 is 11.6 Å². The number of methoxy groups -OCH3 is 1. The van der Waals surface area contributed by atoms with Crippen LogP contribution in [0.3, 0.4) is 0 Å². The Labute approximate surface area is 149 Å². The van der Waals surface area contributed by atoms with Gasteiger partial charge in [-0.25, -0.2) is 0 Å². The third kappa shape index (κ3) is 4.23. The number of rotatable bonds is 5. The summed E-state index contributed by atoms with van der Waals surface area (Å²) in [5.41, 5.74) is 0.525. The van der Waals surface area contributed by atoms with Gasteiger partial charge in [0.1, 0.15) is 11.3 Å². The van der Waals surface area contributed by atoms with Crippen LogP contribution in [0.4, 0.5) is 5.69 Å². The molecule has 0 spiro atoms. The molecule has 1 aromatic carbocycles. The first kappa shape index (κ1) is 17.6. The molecule has 134 valence electrons. The van der Waals surface area contributed by atoms with Gasteiger partial charge in [0.15, 0.2) is 0 Å². The minimum atomic E-state index is -0.625. The van der Waals surface area contributed by atoms with Crippen molar-refractivity contribution in [2.75, 3.05) is 44.7 Å². The van der Waals surface area contributed by atoms with Crippen LogP contribution in [0.5, 0.6) is 5.75 Å². The number of carbonyl (C=O) groups is 1. The fourth-order valence-corrected chi connectivity index (χ4v) is 3.72. The molecule has 1 aliphatic carbocycles. The Morgan fingerprint density at radius 1 is 1.28 bits per heavy atom. The summed E-state index contributed by atoms with van der Waals surface area (Å²) in [6.45, 7) is 3.80. The maximum Gasteiger partial charge on any atom is 0.235 e. The Hall–Kier alpha value is -2.26. The number of nitrogens with one attached hydrogen (secondary N) is 1. The van der Waals surface area contributed by atoms with Crippen molar-refractivity contribution in [2.45, 2.75) is 31.2 Å². The molecule has 1 aromatic rings. The number of anilines is 1. The molecule has 0 atom stereocenters. The SMILES string of the molecule is COc1cccc(N2CCN(CC(=O)NC3(C#N)CCCC3)CC2)c1. The lowest BCUT2D eigenvalue weighted by Crippen LogP contribution is -2.53. The summed E-state index contributed by atoms with van der Waals surface area (Å²) >= 11 is 0. The summed E-state index contributed by atoms with van der Waals surface area (Å²) in [4.78, 5) is 16.8. The van der Waals surface area contributed by atoms with E-state index in [4.69, 9.17) is 4.74 Å². The van der Waals surface area contributed by atoms with E-state index >= 15 is 0 Å². The highest BCUT2D eigenvalue weighted by Crippen LogP contribution is 2.28. The molecule has 6 nitrogen and oxygen atoms in total. The van der Waals surface area contributed by atoms with Gasteiger partial charge in [0, 0.05) is 37.9 Å². The van der Waals surface area contributed by atoms with Gasteiger partial charge in [0.25, 0.3) is 0 Å². The quantitative estimate of drug-likeness (QED) is 0.883. The second kappa shape index (κ2) is 7.75. The molecule has 1 aliphatic heterocycles. The minimum Gasteiger partial charge on any atom is -0.497 e. The number of hydrogen-bond acceptors (Lipinski definition) is 5. The molecule has 1 N–H and O–H groups in total. The minimum absolute atomic E-state index is 0.0294. The Morgan fingerprint density at radius 2 is 2.00 bits per heavy atom. The molecule has 2 aliphatic rings. The summed E-state index contributed by atoms with van der Waals surface area (Å²) < 4.78 is 5.29. The van der Waals surface area contributed by atoms with Crippen LogP contribution >= 0.6 is 0 Å². The Morgan fingerprint density at radius 3 is 2.64 bits per heavy atom. The fourth-order valence-electron chi connectivity index (χ4n) is 3.72. The predicted molar refractivity (Wildman–Crippen MR) is 96.6 cm³/mol. The Balaban J connectivity index is 1.49. The number of piperazine rings is 1. The van der Waals surface area contributed by atoms with Gasteiger partial charge in [0.05, 0.1) is 19.7 Å². The molecule has 1 amide bonds. The van der Waals surface area contributed by atoms with Gasteiger partial charge in [-0.2, -0.15) is 5.26 Å². The zero-order valence-corrected chi connectivity index (χ0v) is 14.8. The van der Waals surface area contributed by atoms with Crippen LogP contribution in [0.25, 0.3) is 0 Å². The first-order valence-electron chi connectivity index (χ1n) is 8.98. The molecule has 1 heterocycles. The van der Waals surface area contributed by atoms with E-state index in [1.165, 1.54) is 0 Å². The average molecular weight is 342 g/mol. The van der Waals surface area contributed by atoms with Gasteiger partial charge in [-0.1, -0.05) is 6.07 Å². The van der Waals surface area contributed by atoms with Crippen LogP contribution in [0, 0.1) is 11.3 Å². The molecule has 0 unspecified atom stereocenters. The highest BCUT2D eigenvalue weighted by Gasteiger charge is 2.35. The first-order chi connectivity index (χ1) is 12.1. The Bertz CT molecular complexity index is 641. The largest absolute Gasteiger partial charge is 0.497 e. The van der Waals surface area contributed by atoms with E-state index in [-0.39, 0.29) is 5.91 Å². The summed E-state index contributed by atoms with van der Waals surface area (Å²) in [6, 6.07) is 10.4. The van der Waals surface area contributed by atoms with Crippen molar-refractivity contribution in [1.82, 2.24) is 10.2 Å². The lowest BCUT2D eigenvalue weighted by atomic mass is 10.00. The molecule has 2 fully saturated rings. The molecule has 0 aromatic heterocycles. The normalized spacial score (nSPS) is 20.1. The number of benzene rings is 1. The standard InChI is InChI=1S/C19H26N4O2/c1-25-17-6-4-5-16(13-17)23-11-9-22(10-12-23)14-18(24)21-19(15-20)7-2-3-8-19/h4-6,13H,2-3,7-12,14H2,1H3,(H,21,24). The summed E-state index contributed by atoms with van der Waals surface area (Å²) in [7, 11) is 1.67. The van der Waals surface area contributed by atoms with Crippen molar-refractivity contribution < 1.29 is 9.53 Å². The maximum absolute atomic E-state index is 12.3. The third-order valence-corrected chi connectivity index (χ3v) is 5.21. The number of ether oxygens (including phenoxy) is 1. The summed E-state index contributed by atoms with van der Waals surface area (Å²) in [5.74, 6) is 0.830. The third-order valence-electron chi connectivity index (χ3n) is 5.21. The fraction of sp³-hybridized carbons (Fsp3) is 0.579. The van der Waals surface area contributed by atoms with Crippen LogP contribution in [-0.4, -0.2) is 56.2 Å². The van der Waals surface area contributed by atoms with Crippen molar-refractivity contribution in [1.29, 1.82) is 5.26 Å². The number of amides is 1. The van der Waals surface area contributed by atoms with E-state index in [0.29, 0.717) is 6.54 Å². The summed E-state index contributed by atoms with van der Waals surface area (Å²) in [5, 5.41) is 12.4. The average Bonchev–Trinajstić information content (AvgIpc) is 3.11. The second-order valence-corrected chi connectivity index (χ2v) is 6.91. The van der Waals surface area contributed by atoms with E-state index < -0.39 is 5.54 Å². The van der Waals surface area contributed by atoms with Gasteiger partial charge >= 0.3 is 0 Å². The van der Waals surface area contributed by atoms with Crippen LogP contribution < -0.4 is 15.0 Å². The van der Waals surface area contributed by atoms with Crippen LogP contribution in [0.1, 0.15) is 25.7 Å². The van der Waals surface area contributed by atoms with E-state index in [1.807, 2.05) is 18.2 Å². The van der Waals surface area contributed by atoms with Crippen LogP contribution in [0.2, 0.25) is 0 Å². The van der Waals surface area contributed by atoms with Gasteiger partial charge in [0.2, 0.25) is 5.91 Å². The van der Waals surface area contributed by atoms with Crippen LogP contribution in [0.15, 0.2) is 24.3 Å². The number of carbonyl (C=O) groups excluding carboxylic acids is 1. The van der Waals surface area contributed by atoms with Crippen molar-refractivity contribution in [3.05, 3.63) is 24.3 Å². The van der Waals surface area contributed by atoms with Crippen molar-refractivity contribution in [3.63, 3.8) is 0 Å². The summed E-state index contributed by atoms with van der Waals surface area (Å²) in [6.07, 6.45) is 3.60. The molecular formula is C19H26N4O2. The number of hydrogen-bond donors (Lipinski definition) is 1. The molecule has 1 saturated carbocycles. The van der Waals surface area contributed by atoms with Crippen molar-refractivity contribution in [2.24, 2.45) is 0 Å². The highest BCUT2D eigenvalue weighted by molar-refractivity contribution is 5.79. The molecule has 6 heteroatoms. The smallest absolute Gasteiger partial charge is 0.235 e. The Kier molecular flexibility index (Phi) is 5.44. The maximum atomic E-state index is 12.3. The number of nitrogens with zero attached hydrogens (tertiary/aromatic N) is 3. The van der Waals surface area contributed by atoms with Crippen LogP contribution in [-0.2, 0) is 4.79 Å². The van der Waals surface area contributed by atoms with Gasteiger partial charge in [-0.3, -0.25) is 9.69 Å². The lowest BCUT2D eigenvalue weighted by molar-refractivity contribution is -0.123. The monoisotopic (exact) mass is 342 g/mol. The van der Waals surface area contributed by atoms with Gasteiger partial charge < -0.3 is 15.0 Å². The molecule has 25 heavy (non-hydrogen) atoms. The lowest BCUT2D eigenvalue weighted by Gasteiger charge is -2.36. The van der Waals surface area contributed by atoms with Gasteiger partial charge in [-0.15, -0.1) is 0 Å².